The van der Waals surface area contributed by atoms with Crippen LogP contribution >= 0.6 is 0 Å². The summed E-state index contributed by atoms with van der Waals surface area (Å²) in [5, 5.41) is 27.5. The molecular weight excluding hydrogens is 495 g/mol. The zero-order valence-corrected chi connectivity index (χ0v) is 20.3. The zero-order valence-electron chi connectivity index (χ0n) is 20.3. The van der Waals surface area contributed by atoms with Crippen molar-refractivity contribution >= 4 is 6.09 Å². The maximum Gasteiger partial charge on any atom is 0.416 e. The van der Waals surface area contributed by atoms with E-state index in [4.69, 9.17) is 15.3 Å². The van der Waals surface area contributed by atoms with E-state index in [9.17, 15) is 23.1 Å². The van der Waals surface area contributed by atoms with Crippen LogP contribution in [0.4, 0.5) is 18.0 Å². The first-order chi connectivity index (χ1) is 18.1. The molecule has 194 valence electrons. The molecule has 6 nitrogen and oxygen atoms in total. The number of nitrogens with zero attached hydrogens (tertiary/aromatic N) is 3. The third-order valence-electron chi connectivity index (χ3n) is 6.93. The smallest absolute Gasteiger partial charge is 0.416 e. The maximum atomic E-state index is 13.7. The molecule has 9 heteroatoms. The lowest BCUT2D eigenvalue weighted by Crippen LogP contribution is -2.47. The van der Waals surface area contributed by atoms with Crippen molar-refractivity contribution in [3.8, 4) is 23.3 Å². The van der Waals surface area contributed by atoms with Gasteiger partial charge in [0.2, 0.25) is 0 Å². The van der Waals surface area contributed by atoms with Crippen LogP contribution < -0.4 is 0 Å². The number of alkyl halides is 3. The minimum atomic E-state index is -4.55. The SMILES string of the molecule is N#Cc1ccc(-c2cc(COCC3(c4ccc(C#N)cc4)CCN(C(=O)O)CC3)cc(C(F)(F)F)c2)cc1. The monoisotopic (exact) mass is 519 g/mol. The molecule has 1 aliphatic rings. The molecule has 0 atom stereocenters. The minimum Gasteiger partial charge on any atom is -0.465 e. The average molecular weight is 520 g/mol. The van der Waals surface area contributed by atoms with Crippen LogP contribution in [0, 0.1) is 22.7 Å². The average Bonchev–Trinajstić information content (AvgIpc) is 2.92. The summed E-state index contributed by atoms with van der Waals surface area (Å²) in [6.07, 6.45) is -4.60. The molecule has 1 aliphatic heterocycles. The van der Waals surface area contributed by atoms with Gasteiger partial charge in [-0.1, -0.05) is 24.3 Å². The standard InChI is InChI=1S/C29H24F3N3O3/c30-29(31,32)26-14-22(13-24(15-26)23-5-1-20(16-33)2-6-23)18-38-19-28(9-11-35(12-10-28)27(36)37)25-7-3-21(17-34)4-8-25/h1-8,13-15H,9-12,18-19H2,(H,36,37). The summed E-state index contributed by atoms with van der Waals surface area (Å²) in [7, 11) is 0. The molecule has 1 fully saturated rings. The van der Waals surface area contributed by atoms with E-state index in [1.165, 1.54) is 4.90 Å². The highest BCUT2D eigenvalue weighted by Crippen LogP contribution is 2.37. The predicted octanol–water partition coefficient (Wildman–Crippen LogP) is 6.34. The topological polar surface area (TPSA) is 97.4 Å². The second-order valence-electron chi connectivity index (χ2n) is 9.34. The van der Waals surface area contributed by atoms with Crippen molar-refractivity contribution in [2.45, 2.75) is 31.0 Å². The molecule has 38 heavy (non-hydrogen) atoms. The molecule has 0 bridgehead atoms. The molecule has 0 saturated carbocycles. The van der Waals surface area contributed by atoms with Crippen LogP contribution in [-0.4, -0.2) is 35.8 Å². The summed E-state index contributed by atoms with van der Waals surface area (Å²) in [5.74, 6) is 0. The van der Waals surface area contributed by atoms with Crippen molar-refractivity contribution in [2.75, 3.05) is 19.7 Å². The van der Waals surface area contributed by atoms with Gasteiger partial charge in [0.15, 0.2) is 0 Å². The quantitative estimate of drug-likeness (QED) is 0.410. The molecule has 0 radical (unpaired) electrons. The molecule has 1 saturated heterocycles. The van der Waals surface area contributed by atoms with Crippen molar-refractivity contribution < 1.29 is 27.8 Å². The third-order valence-corrected chi connectivity index (χ3v) is 6.93. The fourth-order valence-corrected chi connectivity index (χ4v) is 4.75. The minimum absolute atomic E-state index is 0.0755. The molecule has 0 aliphatic carbocycles. The fourth-order valence-electron chi connectivity index (χ4n) is 4.75. The van der Waals surface area contributed by atoms with E-state index < -0.39 is 23.2 Å². The second kappa shape index (κ2) is 11.0. The van der Waals surface area contributed by atoms with Crippen LogP contribution in [0.1, 0.15) is 40.7 Å². The highest BCUT2D eigenvalue weighted by Gasteiger charge is 2.38. The molecule has 0 aromatic heterocycles. The molecule has 4 rings (SSSR count). The largest absolute Gasteiger partial charge is 0.465 e. The first-order valence-corrected chi connectivity index (χ1v) is 11.9. The van der Waals surface area contributed by atoms with Gasteiger partial charge >= 0.3 is 12.3 Å². The van der Waals surface area contributed by atoms with Crippen molar-refractivity contribution in [3.63, 3.8) is 0 Å². The number of piperidine rings is 1. The Morgan fingerprint density at radius 3 is 2.03 bits per heavy atom. The van der Waals surface area contributed by atoms with Gasteiger partial charge in [0.05, 0.1) is 42.0 Å². The number of nitriles is 2. The summed E-state index contributed by atoms with van der Waals surface area (Å²) in [5.41, 5.74) is 1.71. The normalized spacial score (nSPS) is 14.9. The third kappa shape index (κ3) is 5.96. The lowest BCUT2D eigenvalue weighted by molar-refractivity contribution is -0.137. The van der Waals surface area contributed by atoms with Gasteiger partial charge in [-0.25, -0.2) is 4.79 Å². The second-order valence-corrected chi connectivity index (χ2v) is 9.34. The number of ether oxygens (including phenoxy) is 1. The lowest BCUT2D eigenvalue weighted by Gasteiger charge is -2.41. The first kappa shape index (κ1) is 26.7. The Morgan fingerprint density at radius 2 is 1.50 bits per heavy atom. The summed E-state index contributed by atoms with van der Waals surface area (Å²) < 4.78 is 47.1. The van der Waals surface area contributed by atoms with Crippen molar-refractivity contribution in [1.82, 2.24) is 4.90 Å². The van der Waals surface area contributed by atoms with Gasteiger partial charge in [0.25, 0.3) is 0 Å². The Kier molecular flexibility index (Phi) is 7.70. The molecule has 0 unspecified atom stereocenters. The van der Waals surface area contributed by atoms with E-state index in [1.54, 1.807) is 42.5 Å². The summed E-state index contributed by atoms with van der Waals surface area (Å²) in [6, 6.07) is 21.2. The fraction of sp³-hybridized carbons (Fsp3) is 0.276. The summed E-state index contributed by atoms with van der Waals surface area (Å²) in [4.78, 5) is 12.8. The lowest BCUT2D eigenvalue weighted by atomic mass is 9.73. The van der Waals surface area contributed by atoms with Gasteiger partial charge in [0.1, 0.15) is 0 Å². The van der Waals surface area contributed by atoms with Crippen LogP contribution in [0.15, 0.2) is 66.7 Å². The maximum absolute atomic E-state index is 13.7. The number of carbonyl (C=O) groups is 1. The molecule has 1 N–H and O–H groups in total. The predicted molar refractivity (Wildman–Crippen MR) is 133 cm³/mol. The van der Waals surface area contributed by atoms with Gasteiger partial charge in [0, 0.05) is 18.5 Å². The van der Waals surface area contributed by atoms with Gasteiger partial charge < -0.3 is 14.7 Å². The highest BCUT2D eigenvalue weighted by molar-refractivity contribution is 5.66. The first-order valence-electron chi connectivity index (χ1n) is 11.9. The van der Waals surface area contributed by atoms with Crippen LogP contribution in [0.2, 0.25) is 0 Å². The Hall–Kier alpha value is -4.34. The number of hydrogen-bond donors (Lipinski definition) is 1. The van der Waals surface area contributed by atoms with E-state index in [2.05, 4.69) is 6.07 Å². The van der Waals surface area contributed by atoms with Crippen LogP contribution in [-0.2, 0) is 22.9 Å². The van der Waals surface area contributed by atoms with Crippen molar-refractivity contribution in [1.29, 1.82) is 10.5 Å². The molecular formula is C29H24F3N3O3. The van der Waals surface area contributed by atoms with Gasteiger partial charge in [-0.2, -0.15) is 23.7 Å². The van der Waals surface area contributed by atoms with E-state index in [0.29, 0.717) is 53.7 Å². The number of hydrogen-bond acceptors (Lipinski definition) is 4. The Balaban J connectivity index is 1.58. The number of halogens is 3. The van der Waals surface area contributed by atoms with Gasteiger partial charge in [-0.15, -0.1) is 0 Å². The van der Waals surface area contributed by atoms with E-state index in [0.717, 1.165) is 17.7 Å². The highest BCUT2D eigenvalue weighted by atomic mass is 19.4. The van der Waals surface area contributed by atoms with Gasteiger partial charge in [-0.3, -0.25) is 0 Å². The number of benzene rings is 3. The van der Waals surface area contributed by atoms with E-state index in [1.807, 2.05) is 18.2 Å². The van der Waals surface area contributed by atoms with Gasteiger partial charge in [-0.05, 0) is 77.6 Å². The molecule has 0 spiro atoms. The Bertz CT molecular complexity index is 1380. The number of rotatable bonds is 6. The van der Waals surface area contributed by atoms with E-state index in [-0.39, 0.29) is 13.2 Å². The molecule has 3 aromatic carbocycles. The molecule has 1 heterocycles. The van der Waals surface area contributed by atoms with Crippen LogP contribution in [0.5, 0.6) is 0 Å². The number of likely N-dealkylation sites (tertiary alicyclic amines) is 1. The summed E-state index contributed by atoms with van der Waals surface area (Å²) >= 11 is 0. The Labute approximate surface area is 218 Å². The summed E-state index contributed by atoms with van der Waals surface area (Å²) in [6.45, 7) is 0.693. The zero-order chi connectivity index (χ0) is 27.3. The van der Waals surface area contributed by atoms with E-state index >= 15 is 0 Å². The molecule has 3 aromatic rings. The van der Waals surface area contributed by atoms with Crippen LogP contribution in [0.25, 0.3) is 11.1 Å². The number of amides is 1. The van der Waals surface area contributed by atoms with Crippen molar-refractivity contribution in [3.05, 3.63) is 94.5 Å². The Morgan fingerprint density at radius 1 is 0.921 bits per heavy atom. The number of carboxylic acid groups (broad SMARTS) is 1. The van der Waals surface area contributed by atoms with Crippen LogP contribution in [0.3, 0.4) is 0 Å². The molecule has 1 amide bonds. The van der Waals surface area contributed by atoms with Crippen molar-refractivity contribution in [2.24, 2.45) is 0 Å².